The van der Waals surface area contributed by atoms with Gasteiger partial charge in [0.1, 0.15) is 17.4 Å². The van der Waals surface area contributed by atoms with Crippen molar-refractivity contribution in [1.82, 2.24) is 19.9 Å². The topological polar surface area (TPSA) is 54.8 Å². The average Bonchev–Trinajstić information content (AvgIpc) is 2.39. The summed E-state index contributed by atoms with van der Waals surface area (Å²) in [6.07, 6.45) is 7.57. The molecule has 0 bridgehead atoms. The zero-order chi connectivity index (χ0) is 13.9. The highest BCUT2D eigenvalue weighted by atomic mass is 35.5. The first kappa shape index (κ1) is 13.8. The summed E-state index contributed by atoms with van der Waals surface area (Å²) < 4.78 is 0. The number of hydrogen-bond acceptors (Lipinski definition) is 5. The van der Waals surface area contributed by atoms with Crippen LogP contribution < -0.4 is 4.90 Å². The summed E-state index contributed by atoms with van der Waals surface area (Å²) in [6, 6.07) is 0. The van der Waals surface area contributed by atoms with Crippen LogP contribution in [0.5, 0.6) is 0 Å². The molecule has 0 aromatic carbocycles. The highest BCUT2D eigenvalue weighted by molar-refractivity contribution is 6.34. The Kier molecular flexibility index (Phi) is 4.17. The summed E-state index contributed by atoms with van der Waals surface area (Å²) in [4.78, 5) is 19.0. The average molecular weight is 312 g/mol. The van der Waals surface area contributed by atoms with E-state index >= 15 is 0 Å². The van der Waals surface area contributed by atoms with E-state index in [4.69, 9.17) is 23.2 Å². The van der Waals surface area contributed by atoms with E-state index in [-0.39, 0.29) is 5.28 Å². The van der Waals surface area contributed by atoms with Gasteiger partial charge in [0.05, 0.1) is 0 Å². The van der Waals surface area contributed by atoms with Crippen molar-refractivity contribution in [2.45, 2.75) is 32.1 Å². The van der Waals surface area contributed by atoms with Crippen LogP contribution >= 0.6 is 23.2 Å². The molecular formula is C13H15Cl2N5. The molecule has 2 aromatic heterocycles. The van der Waals surface area contributed by atoms with Crippen LogP contribution in [0.15, 0.2) is 6.33 Å². The summed E-state index contributed by atoms with van der Waals surface area (Å²) in [5, 5.41) is 0.499. The molecule has 0 saturated carbocycles. The lowest BCUT2D eigenvalue weighted by atomic mass is 10.1. The number of anilines is 1. The second-order valence-corrected chi connectivity index (χ2v) is 5.63. The van der Waals surface area contributed by atoms with Crippen molar-refractivity contribution in [1.29, 1.82) is 0 Å². The van der Waals surface area contributed by atoms with E-state index in [1.54, 1.807) is 0 Å². The maximum Gasteiger partial charge on any atom is 0.225 e. The van der Waals surface area contributed by atoms with Gasteiger partial charge in [-0.3, -0.25) is 0 Å². The van der Waals surface area contributed by atoms with Gasteiger partial charge in [-0.1, -0.05) is 30.9 Å². The number of nitrogens with zero attached hydrogens (tertiary/aromatic N) is 5. The third-order valence-electron chi connectivity index (χ3n) is 3.55. The summed E-state index contributed by atoms with van der Waals surface area (Å²) in [7, 11) is 0. The minimum atomic E-state index is 0.186. The summed E-state index contributed by atoms with van der Waals surface area (Å²) in [5.41, 5.74) is 1.20. The molecule has 20 heavy (non-hydrogen) atoms. The first-order valence-electron chi connectivity index (χ1n) is 6.84. The van der Waals surface area contributed by atoms with E-state index < -0.39 is 0 Å². The van der Waals surface area contributed by atoms with Gasteiger partial charge in [-0.2, -0.15) is 4.98 Å². The van der Waals surface area contributed by atoms with Crippen molar-refractivity contribution in [2.75, 3.05) is 18.0 Å². The molecule has 106 valence electrons. The van der Waals surface area contributed by atoms with Crippen LogP contribution in [0.3, 0.4) is 0 Å². The Labute approximate surface area is 127 Å². The van der Waals surface area contributed by atoms with Gasteiger partial charge in [0.15, 0.2) is 11.0 Å². The Hall–Kier alpha value is -1.20. The number of aromatic nitrogens is 4. The highest BCUT2D eigenvalue weighted by Crippen LogP contribution is 2.28. The largest absolute Gasteiger partial charge is 0.355 e. The lowest BCUT2D eigenvalue weighted by Crippen LogP contribution is -2.28. The Balaban J connectivity index is 2.07. The van der Waals surface area contributed by atoms with Crippen molar-refractivity contribution >= 4 is 40.1 Å². The van der Waals surface area contributed by atoms with E-state index in [1.165, 1.54) is 25.6 Å². The van der Waals surface area contributed by atoms with Gasteiger partial charge in [-0.25, -0.2) is 15.0 Å². The molecule has 1 saturated heterocycles. The molecule has 0 radical (unpaired) electrons. The monoisotopic (exact) mass is 311 g/mol. The fourth-order valence-corrected chi connectivity index (χ4v) is 2.90. The van der Waals surface area contributed by atoms with Crippen LogP contribution in [0.2, 0.25) is 10.4 Å². The molecule has 3 rings (SSSR count). The molecule has 0 atom stereocenters. The van der Waals surface area contributed by atoms with Crippen LogP contribution in [-0.4, -0.2) is 33.0 Å². The molecule has 7 heteroatoms. The van der Waals surface area contributed by atoms with Crippen molar-refractivity contribution in [2.24, 2.45) is 0 Å². The quantitative estimate of drug-likeness (QED) is 0.596. The van der Waals surface area contributed by atoms with Crippen LogP contribution in [0.1, 0.15) is 32.1 Å². The van der Waals surface area contributed by atoms with Crippen molar-refractivity contribution in [3.63, 3.8) is 0 Å². The maximum atomic E-state index is 6.08. The predicted octanol–water partition coefficient (Wildman–Crippen LogP) is 3.50. The second kappa shape index (κ2) is 6.06. The van der Waals surface area contributed by atoms with Crippen molar-refractivity contribution in [3.05, 3.63) is 16.8 Å². The van der Waals surface area contributed by atoms with Gasteiger partial charge in [-0.15, -0.1) is 0 Å². The molecule has 0 aliphatic carbocycles. The number of rotatable bonds is 1. The number of hydrogen-bond donors (Lipinski definition) is 0. The summed E-state index contributed by atoms with van der Waals surface area (Å²) in [5.74, 6) is 0.770. The van der Waals surface area contributed by atoms with Crippen molar-refractivity contribution < 1.29 is 0 Å². The molecule has 0 amide bonds. The molecule has 1 fully saturated rings. The van der Waals surface area contributed by atoms with E-state index in [9.17, 15) is 0 Å². The first-order chi connectivity index (χ1) is 9.75. The van der Waals surface area contributed by atoms with Crippen LogP contribution in [0.25, 0.3) is 11.0 Å². The number of fused-ring (bicyclic) bond motifs is 1. The lowest BCUT2D eigenvalue weighted by molar-refractivity contribution is 0.554. The molecule has 3 heterocycles. The van der Waals surface area contributed by atoms with Crippen molar-refractivity contribution in [3.8, 4) is 0 Å². The van der Waals surface area contributed by atoms with E-state index in [2.05, 4.69) is 24.8 Å². The number of halogens is 2. The standard InChI is InChI=1S/C13H15Cl2N5/c14-11-9-10(16-8-17-11)12(19-13(15)18-9)20-6-4-2-1-3-5-7-20/h8H,1-7H2. The minimum Gasteiger partial charge on any atom is -0.355 e. The first-order valence-corrected chi connectivity index (χ1v) is 7.60. The van der Waals surface area contributed by atoms with Gasteiger partial charge in [0.25, 0.3) is 0 Å². The van der Waals surface area contributed by atoms with Crippen LogP contribution in [0.4, 0.5) is 5.82 Å². The summed E-state index contributed by atoms with van der Waals surface area (Å²) >= 11 is 12.1. The Morgan fingerprint density at radius 3 is 2.30 bits per heavy atom. The minimum absolute atomic E-state index is 0.186. The molecule has 1 aliphatic heterocycles. The third-order valence-corrected chi connectivity index (χ3v) is 3.99. The Morgan fingerprint density at radius 1 is 0.850 bits per heavy atom. The van der Waals surface area contributed by atoms with Gasteiger partial charge in [0, 0.05) is 13.1 Å². The van der Waals surface area contributed by atoms with Gasteiger partial charge in [0.2, 0.25) is 5.28 Å². The summed E-state index contributed by atoms with van der Waals surface area (Å²) in [6.45, 7) is 1.92. The molecule has 0 N–H and O–H groups in total. The molecule has 0 unspecified atom stereocenters. The van der Waals surface area contributed by atoms with E-state index in [0.29, 0.717) is 16.2 Å². The van der Waals surface area contributed by atoms with Crippen LogP contribution in [-0.2, 0) is 0 Å². The third kappa shape index (κ3) is 2.79. The van der Waals surface area contributed by atoms with E-state index in [1.807, 2.05) is 0 Å². The zero-order valence-electron chi connectivity index (χ0n) is 11.0. The fourth-order valence-electron chi connectivity index (χ4n) is 2.56. The molecular weight excluding hydrogens is 297 g/mol. The maximum absolute atomic E-state index is 6.08. The van der Waals surface area contributed by atoms with Gasteiger partial charge in [-0.05, 0) is 24.4 Å². The SMILES string of the molecule is Clc1nc(N2CCCCCCC2)c2ncnc(Cl)c2n1. The zero-order valence-corrected chi connectivity index (χ0v) is 12.5. The fraction of sp³-hybridized carbons (Fsp3) is 0.538. The van der Waals surface area contributed by atoms with Gasteiger partial charge >= 0.3 is 0 Å². The Bertz CT molecular complexity index is 611. The Morgan fingerprint density at radius 2 is 1.55 bits per heavy atom. The predicted molar refractivity (Wildman–Crippen MR) is 80.4 cm³/mol. The molecule has 1 aliphatic rings. The molecule has 0 spiro atoms. The second-order valence-electron chi connectivity index (χ2n) is 4.93. The van der Waals surface area contributed by atoms with Gasteiger partial charge < -0.3 is 4.90 Å². The van der Waals surface area contributed by atoms with Crippen LogP contribution in [0, 0.1) is 0 Å². The smallest absolute Gasteiger partial charge is 0.225 e. The molecule has 2 aromatic rings. The highest BCUT2D eigenvalue weighted by Gasteiger charge is 2.18. The normalized spacial score (nSPS) is 17.0. The molecule has 5 nitrogen and oxygen atoms in total. The lowest BCUT2D eigenvalue weighted by Gasteiger charge is -2.26. The van der Waals surface area contributed by atoms with E-state index in [0.717, 1.165) is 31.7 Å².